The first kappa shape index (κ1) is 34.9. The molecule has 2 saturated carbocycles. The zero-order chi connectivity index (χ0) is 34.7. The fourth-order valence-corrected chi connectivity index (χ4v) is 8.71. The van der Waals surface area contributed by atoms with Crippen LogP contribution in [0.5, 0.6) is 0 Å². The molecule has 3 aliphatic carbocycles. The van der Waals surface area contributed by atoms with Gasteiger partial charge in [-0.05, 0) is 84.4 Å². The smallest absolute Gasteiger partial charge is 0.331 e. The minimum absolute atomic E-state index is 0.0316. The summed E-state index contributed by atoms with van der Waals surface area (Å²) in [4.78, 5) is 12.9. The van der Waals surface area contributed by atoms with Gasteiger partial charge in [0.25, 0.3) is 0 Å². The zero-order valence-electron chi connectivity index (χ0n) is 29.6. The highest BCUT2D eigenvalue weighted by Crippen LogP contribution is 2.49. The van der Waals surface area contributed by atoms with E-state index in [2.05, 4.69) is 56.1 Å². The molecule has 50 heavy (non-hydrogen) atoms. The molecule has 2 aromatic carbocycles. The molecule has 7 rings (SSSR count). The number of carbonyl (C=O) groups excluding carboxylic acids is 1. The highest BCUT2D eigenvalue weighted by Gasteiger charge is 2.55. The van der Waals surface area contributed by atoms with Crippen LogP contribution in [0.4, 0.5) is 0 Å². The van der Waals surface area contributed by atoms with E-state index in [1.54, 1.807) is 6.08 Å². The van der Waals surface area contributed by atoms with Crippen molar-refractivity contribution in [2.75, 3.05) is 6.61 Å². The number of allylic oxidation sites excluding steroid dienone is 3. The van der Waals surface area contributed by atoms with Crippen molar-refractivity contribution in [3.8, 4) is 11.1 Å². The van der Waals surface area contributed by atoms with E-state index in [1.807, 2.05) is 37.3 Å². The molecule has 0 radical (unpaired) electrons. The quantitative estimate of drug-likeness (QED) is 0.102. The molecule has 0 amide bonds. The Kier molecular flexibility index (Phi) is 10.4. The number of hydrogen-bond acceptors (Lipinski definition) is 6. The molecule has 5 aliphatic rings. The number of rotatable bonds is 11. The second-order valence-corrected chi connectivity index (χ2v) is 14.8. The van der Waals surface area contributed by atoms with E-state index in [9.17, 15) is 4.79 Å². The van der Waals surface area contributed by atoms with Crippen molar-refractivity contribution < 1.29 is 28.5 Å². The topological polar surface area (TPSA) is 63.2 Å². The van der Waals surface area contributed by atoms with Gasteiger partial charge in [0.1, 0.15) is 24.9 Å². The van der Waals surface area contributed by atoms with Gasteiger partial charge < -0.3 is 23.7 Å². The van der Waals surface area contributed by atoms with Crippen LogP contribution < -0.4 is 0 Å². The van der Waals surface area contributed by atoms with Gasteiger partial charge >= 0.3 is 5.97 Å². The predicted octanol–water partition coefficient (Wildman–Crippen LogP) is 9.81. The van der Waals surface area contributed by atoms with Gasteiger partial charge in [0.2, 0.25) is 0 Å². The fourth-order valence-electron chi connectivity index (χ4n) is 8.71. The minimum atomic E-state index is -0.626. The van der Waals surface area contributed by atoms with Gasteiger partial charge in [0, 0.05) is 37.7 Å². The van der Waals surface area contributed by atoms with Gasteiger partial charge in [0.05, 0.1) is 6.10 Å². The highest BCUT2D eigenvalue weighted by molar-refractivity contribution is 5.84. The van der Waals surface area contributed by atoms with Crippen LogP contribution in [0.3, 0.4) is 0 Å². The summed E-state index contributed by atoms with van der Waals surface area (Å²) in [6, 6.07) is 16.7. The third-order valence-corrected chi connectivity index (χ3v) is 11.2. The van der Waals surface area contributed by atoms with E-state index in [-0.39, 0.29) is 36.3 Å². The average Bonchev–Trinajstić information content (AvgIpc) is 3.77. The van der Waals surface area contributed by atoms with Crippen molar-refractivity contribution in [2.45, 2.75) is 126 Å². The molecular formula is C44H52O6. The predicted molar refractivity (Wildman–Crippen MR) is 196 cm³/mol. The van der Waals surface area contributed by atoms with Gasteiger partial charge in [-0.3, -0.25) is 0 Å². The molecule has 2 aliphatic heterocycles. The monoisotopic (exact) mass is 676 g/mol. The van der Waals surface area contributed by atoms with Crippen LogP contribution >= 0.6 is 0 Å². The molecule has 2 aromatic rings. The molecule has 2 saturated heterocycles. The molecule has 0 aromatic heterocycles. The Morgan fingerprint density at radius 3 is 1.98 bits per heavy atom. The Morgan fingerprint density at radius 1 is 0.800 bits per heavy atom. The second kappa shape index (κ2) is 15.0. The molecule has 2 spiro atoms. The lowest BCUT2D eigenvalue weighted by Crippen LogP contribution is -2.37. The van der Waals surface area contributed by atoms with Gasteiger partial charge in [-0.15, -0.1) is 6.58 Å². The molecule has 264 valence electrons. The lowest BCUT2D eigenvalue weighted by molar-refractivity contribution is -0.196. The van der Waals surface area contributed by atoms with Crippen LogP contribution in [0.15, 0.2) is 109 Å². The van der Waals surface area contributed by atoms with E-state index in [1.165, 1.54) is 35.1 Å². The first-order chi connectivity index (χ1) is 24.3. The number of ether oxygens (including phenoxy) is 5. The summed E-state index contributed by atoms with van der Waals surface area (Å²) in [6.45, 7) is 15.3. The number of hydrogen-bond donors (Lipinski definition) is 0. The molecule has 0 N–H and O–H groups in total. The normalized spacial score (nSPS) is 27.0. The van der Waals surface area contributed by atoms with Crippen LogP contribution in [0.25, 0.3) is 11.1 Å². The summed E-state index contributed by atoms with van der Waals surface area (Å²) in [5.41, 5.74) is 7.41. The maximum Gasteiger partial charge on any atom is 0.331 e. The molecule has 0 bridgehead atoms. The molecule has 6 nitrogen and oxygen atoms in total. The fraction of sp³-hybridized carbons (Fsp3) is 0.477. The van der Waals surface area contributed by atoms with E-state index >= 15 is 0 Å². The van der Waals surface area contributed by atoms with Gasteiger partial charge in [-0.25, -0.2) is 4.79 Å². The highest BCUT2D eigenvalue weighted by atomic mass is 16.8. The zero-order valence-corrected chi connectivity index (χ0v) is 29.6. The molecule has 4 fully saturated rings. The summed E-state index contributed by atoms with van der Waals surface area (Å²) < 4.78 is 32.9. The van der Waals surface area contributed by atoms with Crippen LogP contribution in [-0.2, 0) is 28.5 Å². The molecule has 0 unspecified atom stereocenters. The Bertz CT molecular complexity index is 1610. The van der Waals surface area contributed by atoms with E-state index < -0.39 is 11.6 Å². The average molecular weight is 677 g/mol. The maximum absolute atomic E-state index is 12.9. The van der Waals surface area contributed by atoms with Crippen molar-refractivity contribution in [2.24, 2.45) is 0 Å². The number of esters is 1. The molecular weight excluding hydrogens is 624 g/mol. The van der Waals surface area contributed by atoms with Crippen molar-refractivity contribution in [3.05, 3.63) is 120 Å². The second-order valence-electron chi connectivity index (χ2n) is 14.8. The van der Waals surface area contributed by atoms with Gasteiger partial charge in [0.15, 0.2) is 11.6 Å². The van der Waals surface area contributed by atoms with Crippen LogP contribution in [-0.4, -0.2) is 48.6 Å². The lowest BCUT2D eigenvalue weighted by Gasteiger charge is -2.33. The molecule has 6 heteroatoms. The third-order valence-electron chi connectivity index (χ3n) is 11.2. The first-order valence-corrected chi connectivity index (χ1v) is 18.7. The molecule has 2 heterocycles. The van der Waals surface area contributed by atoms with E-state index in [0.717, 1.165) is 68.1 Å². The Balaban J connectivity index is 0.995. The number of benzene rings is 2. The summed E-state index contributed by atoms with van der Waals surface area (Å²) in [5.74, 6) is -1.49. The standard InChI is InChI=1S/C44H52O6/c1-5-17-38-41(49-43(47-38)24-12-6-13-25-43)32(4)42-40(48-44(50-42)26-14-7-15-27-44)31(3)19-16-18-30(2)28-39(45)46-29-37-35-22-10-8-20-33(35)34-21-9-11-23-36(34)37/h5,8-11,16,18,20-23,28,37-38,40-42H,1,3-4,6-7,12-15,17,19,24-27,29H2,2H3/b18-16+,30-28+/t38-,40-,41-,42-/m1/s1. The number of carbonyl (C=O) groups is 1. The number of fused-ring (bicyclic) bond motifs is 3. The third kappa shape index (κ3) is 7.13. The van der Waals surface area contributed by atoms with Crippen molar-refractivity contribution in [1.82, 2.24) is 0 Å². The summed E-state index contributed by atoms with van der Waals surface area (Å²) in [7, 11) is 0. The maximum atomic E-state index is 12.9. The summed E-state index contributed by atoms with van der Waals surface area (Å²) >= 11 is 0. The van der Waals surface area contributed by atoms with Gasteiger partial charge in [-0.2, -0.15) is 0 Å². The Morgan fingerprint density at radius 2 is 1.36 bits per heavy atom. The summed E-state index contributed by atoms with van der Waals surface area (Å²) in [6.07, 6.45) is 17.8. The minimum Gasteiger partial charge on any atom is -0.462 e. The van der Waals surface area contributed by atoms with Crippen molar-refractivity contribution in [3.63, 3.8) is 0 Å². The Hall–Kier alpha value is -3.55. The van der Waals surface area contributed by atoms with Crippen LogP contribution in [0.1, 0.15) is 101 Å². The van der Waals surface area contributed by atoms with E-state index in [4.69, 9.17) is 23.7 Å². The van der Waals surface area contributed by atoms with Crippen LogP contribution in [0.2, 0.25) is 0 Å². The SMILES string of the molecule is C=CC[C@H]1OC2(CCCCC2)O[C@@H]1C(=C)[C@H]1OC2(CCCCC2)O[C@@H]1C(=C)C/C=C/C(C)=C/C(=O)OCC1c2ccccc2-c2ccccc21. The lowest BCUT2D eigenvalue weighted by atomic mass is 9.92. The largest absolute Gasteiger partial charge is 0.462 e. The Labute approximate surface area is 297 Å². The van der Waals surface area contributed by atoms with Crippen LogP contribution in [0, 0.1) is 0 Å². The summed E-state index contributed by atoms with van der Waals surface area (Å²) in [5, 5.41) is 0. The van der Waals surface area contributed by atoms with E-state index in [0.29, 0.717) is 19.4 Å². The first-order valence-electron chi connectivity index (χ1n) is 18.7. The van der Waals surface area contributed by atoms with Crippen molar-refractivity contribution in [1.29, 1.82) is 0 Å². The van der Waals surface area contributed by atoms with Crippen molar-refractivity contribution >= 4 is 5.97 Å². The van der Waals surface area contributed by atoms with Gasteiger partial charge in [-0.1, -0.05) is 92.8 Å². The molecule has 4 atom stereocenters.